The molecule has 0 aromatic carbocycles. The molecule has 2 N–H and O–H groups in total. The minimum absolute atomic E-state index is 0.706. The van der Waals surface area contributed by atoms with E-state index >= 15 is 0 Å². The third-order valence-corrected chi connectivity index (χ3v) is 0.421. The van der Waals surface area contributed by atoms with E-state index in [0.717, 1.165) is 6.92 Å². The molecular formula is C3H5NO3. The first-order valence-corrected chi connectivity index (χ1v) is 1.63. The van der Waals surface area contributed by atoms with Gasteiger partial charge in [0.1, 0.15) is 0 Å². The number of hydrogen-bond acceptors (Lipinski definition) is 3. The van der Waals surface area contributed by atoms with Crippen molar-refractivity contribution in [2.24, 2.45) is 0 Å². The Morgan fingerprint density at radius 2 is 2.00 bits per heavy atom. The van der Waals surface area contributed by atoms with Crippen LogP contribution in [0.5, 0.6) is 0 Å². The van der Waals surface area contributed by atoms with Gasteiger partial charge in [0, 0.05) is 6.92 Å². The minimum atomic E-state index is -0.986. The molecule has 0 fully saturated rings. The summed E-state index contributed by atoms with van der Waals surface area (Å²) >= 11 is 0. The Balaban J connectivity index is 3.58. The first-order chi connectivity index (χ1) is 3.18. The average molecular weight is 103 g/mol. The van der Waals surface area contributed by atoms with Gasteiger partial charge in [0.05, 0.1) is 0 Å². The fraction of sp³-hybridized carbons (Fsp3) is 0.333. The maximum absolute atomic E-state index is 9.80. The highest BCUT2D eigenvalue weighted by atomic mass is 16.5. The molecule has 0 aliphatic carbocycles. The minimum Gasteiger partial charge on any atom is -0.289 e. The predicted molar refractivity (Wildman–Crippen MR) is 20.6 cm³/mol. The molecule has 4 nitrogen and oxygen atoms in total. The second kappa shape index (κ2) is 2.30. The highest BCUT2D eigenvalue weighted by molar-refractivity contribution is 6.34. The molecule has 0 heterocycles. The summed E-state index contributed by atoms with van der Waals surface area (Å²) in [5.74, 6) is -1.69. The Morgan fingerprint density at radius 3 is 2.00 bits per heavy atom. The van der Waals surface area contributed by atoms with Gasteiger partial charge in [0.2, 0.25) is 5.78 Å². The fourth-order valence-electron chi connectivity index (χ4n) is 0.0787. The van der Waals surface area contributed by atoms with Crippen molar-refractivity contribution >= 4 is 11.7 Å². The van der Waals surface area contributed by atoms with Crippen LogP contribution in [0, 0.1) is 0 Å². The normalized spacial score (nSPS) is 7.71. The molecule has 0 spiro atoms. The standard InChI is InChI=1S/C3H5NO3/c1-2(5)3(6)4-7/h7H,1H3,(H,4,6). The summed E-state index contributed by atoms with van der Waals surface area (Å²) < 4.78 is 0. The molecule has 0 saturated heterocycles. The quantitative estimate of drug-likeness (QED) is 0.256. The van der Waals surface area contributed by atoms with Gasteiger partial charge in [-0.15, -0.1) is 0 Å². The predicted octanol–water partition coefficient (Wildman–Crippen LogP) is -0.919. The van der Waals surface area contributed by atoms with Crippen molar-refractivity contribution < 1.29 is 14.8 Å². The number of carbonyl (C=O) groups excluding carboxylic acids is 2. The molecule has 40 valence electrons. The van der Waals surface area contributed by atoms with Gasteiger partial charge in [0.15, 0.2) is 0 Å². The molecule has 0 unspecified atom stereocenters. The molecule has 0 radical (unpaired) electrons. The van der Waals surface area contributed by atoms with Crippen molar-refractivity contribution in [2.45, 2.75) is 6.92 Å². The van der Waals surface area contributed by atoms with Gasteiger partial charge in [0.25, 0.3) is 0 Å². The zero-order valence-corrected chi connectivity index (χ0v) is 3.76. The molecule has 0 rings (SSSR count). The second-order valence-electron chi connectivity index (χ2n) is 0.997. The van der Waals surface area contributed by atoms with E-state index < -0.39 is 11.7 Å². The van der Waals surface area contributed by atoms with E-state index in [4.69, 9.17) is 5.21 Å². The summed E-state index contributed by atoms with van der Waals surface area (Å²) in [5.41, 5.74) is 1.18. The van der Waals surface area contributed by atoms with Crippen LogP contribution >= 0.6 is 0 Å². The molecule has 7 heavy (non-hydrogen) atoms. The van der Waals surface area contributed by atoms with Crippen LogP contribution in [0.4, 0.5) is 0 Å². The Labute approximate surface area is 40.1 Å². The van der Waals surface area contributed by atoms with Crippen LogP contribution < -0.4 is 5.48 Å². The van der Waals surface area contributed by atoms with Crippen molar-refractivity contribution in [1.82, 2.24) is 5.48 Å². The third kappa shape index (κ3) is 1.88. The molecule has 0 bridgehead atoms. The van der Waals surface area contributed by atoms with Crippen LogP contribution in [0.25, 0.3) is 0 Å². The Morgan fingerprint density at radius 1 is 1.57 bits per heavy atom. The summed E-state index contributed by atoms with van der Waals surface area (Å²) in [6.07, 6.45) is 0. The highest BCUT2D eigenvalue weighted by Crippen LogP contribution is 1.62. The number of carbonyl (C=O) groups is 2. The Bertz CT molecular complexity index is 98.4. The van der Waals surface area contributed by atoms with E-state index in [1.54, 1.807) is 0 Å². The van der Waals surface area contributed by atoms with E-state index in [9.17, 15) is 9.59 Å². The molecular weight excluding hydrogens is 98.0 g/mol. The van der Waals surface area contributed by atoms with Gasteiger partial charge < -0.3 is 0 Å². The fourth-order valence-corrected chi connectivity index (χ4v) is 0.0787. The maximum Gasteiger partial charge on any atom is 0.310 e. The van der Waals surface area contributed by atoms with E-state index in [2.05, 4.69) is 0 Å². The van der Waals surface area contributed by atoms with Gasteiger partial charge in [-0.05, 0) is 0 Å². The molecule has 0 saturated carbocycles. The lowest BCUT2D eigenvalue weighted by molar-refractivity contribution is -0.141. The van der Waals surface area contributed by atoms with Crippen molar-refractivity contribution in [3.63, 3.8) is 0 Å². The van der Waals surface area contributed by atoms with Crippen molar-refractivity contribution in [3.8, 4) is 0 Å². The molecule has 1 amide bonds. The van der Waals surface area contributed by atoms with E-state index in [1.807, 2.05) is 0 Å². The molecule has 0 atom stereocenters. The SMILES string of the molecule is CC(=O)C(=O)NO. The van der Waals surface area contributed by atoms with Gasteiger partial charge in [-0.1, -0.05) is 0 Å². The molecule has 0 aromatic rings. The zero-order chi connectivity index (χ0) is 5.86. The number of hydrogen-bond donors (Lipinski definition) is 2. The van der Waals surface area contributed by atoms with Gasteiger partial charge in [-0.25, -0.2) is 5.48 Å². The molecule has 4 heteroatoms. The molecule has 0 aromatic heterocycles. The lowest BCUT2D eigenvalue weighted by atomic mass is 10.4. The van der Waals surface area contributed by atoms with Crippen LogP contribution in [-0.4, -0.2) is 16.9 Å². The summed E-state index contributed by atoms with van der Waals surface area (Å²) in [6.45, 7) is 1.06. The number of rotatable bonds is 1. The lowest BCUT2D eigenvalue weighted by Gasteiger charge is -1.85. The van der Waals surface area contributed by atoms with E-state index in [1.165, 1.54) is 5.48 Å². The highest BCUT2D eigenvalue weighted by Gasteiger charge is 2.01. The van der Waals surface area contributed by atoms with Crippen LogP contribution in [0.15, 0.2) is 0 Å². The topological polar surface area (TPSA) is 66.4 Å². The zero-order valence-electron chi connectivity index (χ0n) is 3.76. The van der Waals surface area contributed by atoms with Crippen molar-refractivity contribution in [1.29, 1.82) is 0 Å². The number of nitrogens with one attached hydrogen (secondary N) is 1. The number of hydroxylamine groups is 1. The summed E-state index contributed by atoms with van der Waals surface area (Å²) in [6, 6.07) is 0. The monoisotopic (exact) mass is 103 g/mol. The van der Waals surface area contributed by atoms with Crippen molar-refractivity contribution in [2.75, 3.05) is 0 Å². The number of amides is 1. The number of Topliss-reactive ketones (excluding diaryl/α,β-unsaturated/α-hetero) is 1. The van der Waals surface area contributed by atoms with E-state index in [0.29, 0.717) is 0 Å². The first kappa shape index (κ1) is 6.10. The van der Waals surface area contributed by atoms with Gasteiger partial charge in [-0.2, -0.15) is 0 Å². The van der Waals surface area contributed by atoms with Crippen LogP contribution in [0.1, 0.15) is 6.92 Å². The summed E-state index contributed by atoms with van der Waals surface area (Å²) in [5, 5.41) is 7.68. The van der Waals surface area contributed by atoms with Crippen LogP contribution in [-0.2, 0) is 9.59 Å². The number of ketones is 1. The largest absolute Gasteiger partial charge is 0.310 e. The summed E-state index contributed by atoms with van der Waals surface area (Å²) in [7, 11) is 0. The van der Waals surface area contributed by atoms with Gasteiger partial charge in [-0.3, -0.25) is 14.8 Å². The van der Waals surface area contributed by atoms with Crippen LogP contribution in [0.3, 0.4) is 0 Å². The molecule has 0 aliphatic heterocycles. The lowest BCUT2D eigenvalue weighted by Crippen LogP contribution is -2.25. The Kier molecular flexibility index (Phi) is 2.01. The average Bonchev–Trinajstić information content (AvgIpc) is 1.65. The first-order valence-electron chi connectivity index (χ1n) is 1.63. The van der Waals surface area contributed by atoms with Crippen molar-refractivity contribution in [3.05, 3.63) is 0 Å². The maximum atomic E-state index is 9.80. The third-order valence-electron chi connectivity index (χ3n) is 0.421. The summed E-state index contributed by atoms with van der Waals surface area (Å²) in [4.78, 5) is 19.6. The molecule has 0 aliphatic rings. The second-order valence-corrected chi connectivity index (χ2v) is 0.997. The van der Waals surface area contributed by atoms with Crippen LogP contribution in [0.2, 0.25) is 0 Å². The van der Waals surface area contributed by atoms with Gasteiger partial charge >= 0.3 is 5.91 Å². The smallest absolute Gasteiger partial charge is 0.289 e. The van der Waals surface area contributed by atoms with E-state index in [-0.39, 0.29) is 0 Å². The Hall–Kier alpha value is -0.900.